The number of hydrogen-bond donors (Lipinski definition) is 2. The lowest BCUT2D eigenvalue weighted by atomic mass is 10.0. The predicted molar refractivity (Wildman–Crippen MR) is 106 cm³/mol. The van der Waals surface area contributed by atoms with E-state index in [1.165, 1.54) is 70.6 Å². The van der Waals surface area contributed by atoms with Crippen LogP contribution in [0.25, 0.3) is 0 Å². The van der Waals surface area contributed by atoms with Crippen molar-refractivity contribution in [3.8, 4) is 5.75 Å². The van der Waals surface area contributed by atoms with Gasteiger partial charge in [0.1, 0.15) is 5.75 Å². The number of carbonyl (C=O) groups is 1. The first-order valence-electron chi connectivity index (χ1n) is 10.1. The number of phenols is 1. The van der Waals surface area contributed by atoms with Gasteiger partial charge in [0.15, 0.2) is 0 Å². The number of unbranched alkanes of at least 4 members (excludes halogenated alkanes) is 12. The molecule has 0 radical (unpaired) electrons. The van der Waals surface area contributed by atoms with E-state index in [-0.39, 0.29) is 0 Å². The van der Waals surface area contributed by atoms with Crippen molar-refractivity contribution in [3.05, 3.63) is 30.3 Å². The molecule has 0 aliphatic carbocycles. The van der Waals surface area contributed by atoms with Crippen molar-refractivity contribution in [2.45, 2.75) is 96.8 Å². The topological polar surface area (TPSA) is 57.5 Å². The van der Waals surface area contributed by atoms with Crippen LogP contribution in [-0.2, 0) is 4.79 Å². The van der Waals surface area contributed by atoms with Crippen LogP contribution in [-0.4, -0.2) is 16.2 Å². The normalized spacial score (nSPS) is 10.1. The van der Waals surface area contributed by atoms with E-state index in [9.17, 15) is 4.79 Å². The molecule has 2 N–H and O–H groups in total. The van der Waals surface area contributed by atoms with Crippen LogP contribution in [0, 0.1) is 0 Å². The van der Waals surface area contributed by atoms with Gasteiger partial charge in [0.05, 0.1) is 0 Å². The van der Waals surface area contributed by atoms with Gasteiger partial charge < -0.3 is 10.2 Å². The van der Waals surface area contributed by atoms with Gasteiger partial charge in [-0.1, -0.05) is 102 Å². The zero-order chi connectivity index (χ0) is 18.6. The molecule has 0 saturated carbocycles. The van der Waals surface area contributed by atoms with Crippen molar-refractivity contribution in [3.63, 3.8) is 0 Å². The van der Waals surface area contributed by atoms with Gasteiger partial charge >= 0.3 is 5.97 Å². The molecular formula is C22H38O3. The second-order valence-corrected chi connectivity index (χ2v) is 6.72. The second-order valence-electron chi connectivity index (χ2n) is 6.72. The summed E-state index contributed by atoms with van der Waals surface area (Å²) < 4.78 is 0. The fourth-order valence-electron chi connectivity index (χ4n) is 2.72. The molecule has 1 aromatic carbocycles. The number of phenolic OH excluding ortho intramolecular Hbond substituents is 1. The molecule has 0 unspecified atom stereocenters. The summed E-state index contributed by atoms with van der Waals surface area (Å²) in [4.78, 5) is 10.3. The first-order valence-corrected chi connectivity index (χ1v) is 10.1. The fourth-order valence-corrected chi connectivity index (χ4v) is 2.72. The monoisotopic (exact) mass is 350 g/mol. The van der Waals surface area contributed by atoms with Crippen LogP contribution >= 0.6 is 0 Å². The molecule has 144 valence electrons. The Morgan fingerprint density at radius 1 is 0.720 bits per heavy atom. The molecule has 0 spiro atoms. The van der Waals surface area contributed by atoms with Crippen LogP contribution in [0.5, 0.6) is 5.75 Å². The summed E-state index contributed by atoms with van der Waals surface area (Å²) in [6, 6.07) is 8.71. The van der Waals surface area contributed by atoms with Crippen LogP contribution in [0.4, 0.5) is 0 Å². The number of hydrogen-bond acceptors (Lipinski definition) is 2. The lowest BCUT2D eigenvalue weighted by molar-refractivity contribution is -0.137. The average molecular weight is 351 g/mol. The third-order valence-corrected chi connectivity index (χ3v) is 4.25. The standard InChI is InChI=1S/C16H32O2.C6H6O/c1-2-3-4-5-6-7-8-9-10-11-12-13-14-15-16(17)18;7-6-4-2-1-3-5-6/h2-15H2,1H3,(H,17,18);1-5,7H. The highest BCUT2D eigenvalue weighted by atomic mass is 16.4. The zero-order valence-electron chi connectivity index (χ0n) is 16.1. The van der Waals surface area contributed by atoms with Crippen LogP contribution in [0.3, 0.4) is 0 Å². The number of para-hydroxylation sites is 1. The Hall–Kier alpha value is -1.51. The largest absolute Gasteiger partial charge is 0.508 e. The minimum absolute atomic E-state index is 0.322. The van der Waals surface area contributed by atoms with Crippen molar-refractivity contribution >= 4 is 5.97 Å². The van der Waals surface area contributed by atoms with Crippen molar-refractivity contribution < 1.29 is 15.0 Å². The Bertz CT molecular complexity index is 390. The molecule has 3 heteroatoms. The number of carboxylic acid groups (broad SMARTS) is 1. The summed E-state index contributed by atoms with van der Waals surface area (Å²) in [7, 11) is 0. The van der Waals surface area contributed by atoms with Crippen molar-refractivity contribution in [2.75, 3.05) is 0 Å². The molecule has 0 fully saturated rings. The molecule has 0 aromatic heterocycles. The first-order chi connectivity index (χ1) is 12.2. The third-order valence-electron chi connectivity index (χ3n) is 4.25. The highest BCUT2D eigenvalue weighted by Gasteiger charge is 1.96. The SMILES string of the molecule is CCCCCCCCCCCCCCCC(=O)O.Oc1ccccc1. The number of carboxylic acids is 1. The quantitative estimate of drug-likeness (QED) is 0.357. The Morgan fingerprint density at radius 3 is 1.44 bits per heavy atom. The van der Waals surface area contributed by atoms with Crippen LogP contribution in [0.2, 0.25) is 0 Å². The summed E-state index contributed by atoms with van der Waals surface area (Å²) in [5, 5.41) is 17.1. The van der Waals surface area contributed by atoms with Crippen molar-refractivity contribution in [1.29, 1.82) is 0 Å². The van der Waals surface area contributed by atoms with E-state index in [2.05, 4.69) is 6.92 Å². The fraction of sp³-hybridized carbons (Fsp3) is 0.682. The van der Waals surface area contributed by atoms with Gasteiger partial charge in [-0.3, -0.25) is 4.79 Å². The number of benzene rings is 1. The van der Waals surface area contributed by atoms with Crippen LogP contribution in [0.15, 0.2) is 30.3 Å². The third kappa shape index (κ3) is 20.4. The van der Waals surface area contributed by atoms with Gasteiger partial charge in [0, 0.05) is 6.42 Å². The minimum Gasteiger partial charge on any atom is -0.508 e. The minimum atomic E-state index is -0.655. The average Bonchev–Trinajstić information content (AvgIpc) is 2.60. The van der Waals surface area contributed by atoms with Gasteiger partial charge in [-0.05, 0) is 18.6 Å². The van der Waals surface area contributed by atoms with E-state index < -0.39 is 5.97 Å². The molecule has 0 aliphatic heterocycles. The Morgan fingerprint density at radius 2 is 1.12 bits per heavy atom. The Kier molecular flexibility index (Phi) is 17.7. The van der Waals surface area contributed by atoms with Gasteiger partial charge in [0.25, 0.3) is 0 Å². The van der Waals surface area contributed by atoms with E-state index in [1.807, 2.05) is 6.07 Å². The summed E-state index contributed by atoms with van der Waals surface area (Å²) in [6.45, 7) is 2.26. The van der Waals surface area contributed by atoms with Gasteiger partial charge in [-0.2, -0.15) is 0 Å². The van der Waals surface area contributed by atoms with Crippen molar-refractivity contribution in [2.24, 2.45) is 0 Å². The molecule has 0 amide bonds. The number of aromatic hydroxyl groups is 1. The maximum Gasteiger partial charge on any atom is 0.303 e. The maximum atomic E-state index is 10.3. The molecule has 0 atom stereocenters. The molecular weight excluding hydrogens is 312 g/mol. The molecule has 0 heterocycles. The molecule has 0 bridgehead atoms. The second kappa shape index (κ2) is 18.8. The maximum absolute atomic E-state index is 10.3. The van der Waals surface area contributed by atoms with E-state index in [0.717, 1.165) is 12.8 Å². The van der Waals surface area contributed by atoms with E-state index >= 15 is 0 Å². The number of rotatable bonds is 14. The molecule has 1 aromatic rings. The molecule has 0 saturated heterocycles. The summed E-state index contributed by atoms with van der Waals surface area (Å²) >= 11 is 0. The lowest BCUT2D eigenvalue weighted by Gasteiger charge is -2.02. The van der Waals surface area contributed by atoms with Gasteiger partial charge in [0.2, 0.25) is 0 Å². The smallest absolute Gasteiger partial charge is 0.303 e. The highest BCUT2D eigenvalue weighted by molar-refractivity contribution is 5.66. The Labute approximate surface area is 154 Å². The molecule has 1 rings (SSSR count). The van der Waals surface area contributed by atoms with Gasteiger partial charge in [-0.15, -0.1) is 0 Å². The lowest BCUT2D eigenvalue weighted by Crippen LogP contribution is -1.93. The summed E-state index contributed by atoms with van der Waals surface area (Å²) in [5.41, 5.74) is 0. The molecule has 25 heavy (non-hydrogen) atoms. The van der Waals surface area contributed by atoms with E-state index in [1.54, 1.807) is 24.3 Å². The van der Waals surface area contributed by atoms with Crippen molar-refractivity contribution in [1.82, 2.24) is 0 Å². The van der Waals surface area contributed by atoms with E-state index in [0.29, 0.717) is 12.2 Å². The van der Waals surface area contributed by atoms with Gasteiger partial charge in [-0.25, -0.2) is 0 Å². The zero-order valence-corrected chi connectivity index (χ0v) is 16.1. The summed E-state index contributed by atoms with van der Waals surface area (Å²) in [5.74, 6) is -0.333. The van der Waals surface area contributed by atoms with E-state index in [4.69, 9.17) is 10.2 Å². The Balaban J connectivity index is 0.000000676. The highest BCUT2D eigenvalue weighted by Crippen LogP contribution is 2.12. The first kappa shape index (κ1) is 23.5. The van der Waals surface area contributed by atoms with Crippen LogP contribution < -0.4 is 0 Å². The number of aliphatic carboxylic acids is 1. The predicted octanol–water partition coefficient (Wildman–Crippen LogP) is 6.94. The molecule has 3 nitrogen and oxygen atoms in total. The summed E-state index contributed by atoms with van der Waals surface area (Å²) in [6.07, 6.45) is 17.3. The molecule has 0 aliphatic rings. The van der Waals surface area contributed by atoms with Crippen LogP contribution in [0.1, 0.15) is 96.8 Å².